The van der Waals surface area contributed by atoms with Gasteiger partial charge >= 0.3 is 11.9 Å². The number of carbonyl (C=O) groups is 4. The van der Waals surface area contributed by atoms with E-state index in [0.29, 0.717) is 26.4 Å². The number of benzene rings is 2. The summed E-state index contributed by atoms with van der Waals surface area (Å²) in [6, 6.07) is 9.66. The summed E-state index contributed by atoms with van der Waals surface area (Å²) in [6.45, 7) is 1.45. The number of anilines is 2. The van der Waals surface area contributed by atoms with Crippen molar-refractivity contribution >= 4 is 62.7 Å². The fraction of sp³-hybridized carbons (Fsp3) is 0.273. The molecule has 32 heavy (non-hydrogen) atoms. The molecule has 0 radical (unpaired) electrons. The van der Waals surface area contributed by atoms with Gasteiger partial charge in [0.05, 0.1) is 23.6 Å². The number of esters is 2. The molecular weight excluding hydrogens is 504 g/mol. The molecule has 1 aliphatic heterocycles. The van der Waals surface area contributed by atoms with Crippen LogP contribution < -0.4 is 10.2 Å². The Bertz CT molecular complexity index is 1070. The van der Waals surface area contributed by atoms with Gasteiger partial charge in [0, 0.05) is 28.8 Å². The van der Waals surface area contributed by atoms with Crippen molar-refractivity contribution in [3.8, 4) is 0 Å². The predicted molar refractivity (Wildman–Crippen MR) is 122 cm³/mol. The second-order valence-electron chi connectivity index (χ2n) is 7.18. The summed E-state index contributed by atoms with van der Waals surface area (Å²) in [5.41, 5.74) is 2.21. The Labute approximate surface area is 197 Å². The molecule has 0 aromatic heterocycles. The Balaban J connectivity index is 1.55. The van der Waals surface area contributed by atoms with Crippen LogP contribution in [0.1, 0.15) is 22.3 Å². The SMILES string of the molecule is COC(=O)c1ccc(N2C[C@H](C(=O)OCC(=O)Nc3cc(Cl)c(Br)cc3C)CC2=O)cc1. The third-order valence-corrected chi connectivity index (χ3v) is 6.14. The van der Waals surface area contributed by atoms with Crippen LogP contribution in [0.15, 0.2) is 40.9 Å². The maximum Gasteiger partial charge on any atom is 0.337 e. The van der Waals surface area contributed by atoms with Gasteiger partial charge in [-0.25, -0.2) is 4.79 Å². The molecule has 8 nitrogen and oxygen atoms in total. The number of ether oxygens (including phenoxy) is 2. The Hall–Kier alpha value is -2.91. The number of amides is 2. The van der Waals surface area contributed by atoms with Crippen LogP contribution in [0.4, 0.5) is 11.4 Å². The second kappa shape index (κ2) is 10.1. The highest BCUT2D eigenvalue weighted by atomic mass is 79.9. The Kier molecular flexibility index (Phi) is 7.52. The lowest BCUT2D eigenvalue weighted by atomic mass is 10.1. The van der Waals surface area contributed by atoms with Crippen LogP contribution in [0.5, 0.6) is 0 Å². The number of methoxy groups -OCH3 is 1. The number of rotatable bonds is 6. The van der Waals surface area contributed by atoms with Crippen molar-refractivity contribution in [2.75, 3.05) is 30.5 Å². The van der Waals surface area contributed by atoms with Gasteiger partial charge in [0.15, 0.2) is 6.61 Å². The molecule has 3 rings (SSSR count). The van der Waals surface area contributed by atoms with E-state index < -0.39 is 30.4 Å². The standard InChI is InChI=1S/C22H20BrClN2O6/c1-12-7-16(23)17(24)9-18(12)25-19(27)11-32-22(30)14-8-20(28)26(10-14)15-5-3-13(4-6-15)21(29)31-2/h3-7,9,14H,8,10-11H2,1-2H3,(H,25,27)/t14-/m1/s1. The van der Waals surface area contributed by atoms with Gasteiger partial charge < -0.3 is 19.7 Å². The fourth-order valence-electron chi connectivity index (χ4n) is 3.23. The van der Waals surface area contributed by atoms with Crippen molar-refractivity contribution in [1.82, 2.24) is 0 Å². The van der Waals surface area contributed by atoms with Gasteiger partial charge in [-0.15, -0.1) is 0 Å². The molecule has 1 saturated heterocycles. The minimum atomic E-state index is -0.695. The molecule has 1 atom stereocenters. The summed E-state index contributed by atoms with van der Waals surface area (Å²) in [5.74, 6) is -2.57. The molecule has 2 amide bonds. The zero-order valence-corrected chi connectivity index (χ0v) is 19.7. The number of hydrogen-bond donors (Lipinski definition) is 1. The zero-order chi connectivity index (χ0) is 23.4. The fourth-order valence-corrected chi connectivity index (χ4v) is 3.85. The normalized spacial score (nSPS) is 15.4. The van der Waals surface area contributed by atoms with Crippen LogP contribution in [-0.4, -0.2) is 44.0 Å². The highest BCUT2D eigenvalue weighted by molar-refractivity contribution is 9.10. The lowest BCUT2D eigenvalue weighted by molar-refractivity contribution is -0.151. The van der Waals surface area contributed by atoms with Crippen LogP contribution in [-0.2, 0) is 23.9 Å². The summed E-state index contributed by atoms with van der Waals surface area (Å²) in [6.07, 6.45) is -0.0271. The van der Waals surface area contributed by atoms with E-state index in [1.165, 1.54) is 12.0 Å². The molecule has 1 fully saturated rings. The molecule has 1 aliphatic rings. The molecule has 10 heteroatoms. The van der Waals surface area contributed by atoms with Gasteiger partial charge in [0.2, 0.25) is 5.91 Å². The molecule has 0 spiro atoms. The number of halogens is 2. The van der Waals surface area contributed by atoms with Crippen LogP contribution in [0.3, 0.4) is 0 Å². The van der Waals surface area contributed by atoms with Crippen molar-refractivity contribution < 1.29 is 28.7 Å². The lowest BCUT2D eigenvalue weighted by Gasteiger charge is -2.17. The summed E-state index contributed by atoms with van der Waals surface area (Å²) in [4.78, 5) is 49.9. The van der Waals surface area contributed by atoms with Gasteiger partial charge in [-0.2, -0.15) is 0 Å². The first-order chi connectivity index (χ1) is 15.2. The van der Waals surface area contributed by atoms with Crippen LogP contribution in [0.25, 0.3) is 0 Å². The van der Waals surface area contributed by atoms with Crippen LogP contribution in [0, 0.1) is 12.8 Å². The molecule has 2 aromatic carbocycles. The molecule has 0 aliphatic carbocycles. The van der Waals surface area contributed by atoms with Crippen LogP contribution in [0.2, 0.25) is 5.02 Å². The molecule has 1 N–H and O–H groups in total. The minimum Gasteiger partial charge on any atom is -0.465 e. The minimum absolute atomic E-state index is 0.0271. The van der Waals surface area contributed by atoms with Crippen molar-refractivity contribution in [1.29, 1.82) is 0 Å². The average molecular weight is 524 g/mol. The van der Waals surface area contributed by atoms with E-state index in [9.17, 15) is 19.2 Å². The van der Waals surface area contributed by atoms with E-state index in [2.05, 4.69) is 26.0 Å². The first kappa shape index (κ1) is 23.7. The molecule has 168 valence electrons. The van der Waals surface area contributed by atoms with E-state index in [-0.39, 0.29) is 18.9 Å². The van der Waals surface area contributed by atoms with E-state index in [0.717, 1.165) is 5.56 Å². The number of aryl methyl sites for hydroxylation is 1. The highest BCUT2D eigenvalue weighted by Gasteiger charge is 2.36. The van der Waals surface area contributed by atoms with Crippen LogP contribution >= 0.6 is 27.5 Å². The Morgan fingerprint density at radius 3 is 2.56 bits per heavy atom. The molecule has 0 bridgehead atoms. The first-order valence-electron chi connectivity index (χ1n) is 9.60. The van der Waals surface area contributed by atoms with E-state index in [1.54, 1.807) is 43.3 Å². The zero-order valence-electron chi connectivity index (χ0n) is 17.3. The average Bonchev–Trinajstić information content (AvgIpc) is 3.17. The van der Waals surface area contributed by atoms with Crippen molar-refractivity contribution in [2.24, 2.45) is 5.92 Å². The quantitative estimate of drug-likeness (QED) is 0.579. The van der Waals surface area contributed by atoms with Gasteiger partial charge in [-0.1, -0.05) is 11.6 Å². The predicted octanol–water partition coefficient (Wildman–Crippen LogP) is 3.73. The van der Waals surface area contributed by atoms with E-state index >= 15 is 0 Å². The molecular formula is C22H20BrClN2O6. The highest BCUT2D eigenvalue weighted by Crippen LogP contribution is 2.29. The third kappa shape index (κ3) is 5.46. The van der Waals surface area contributed by atoms with Gasteiger partial charge in [0.1, 0.15) is 0 Å². The largest absolute Gasteiger partial charge is 0.465 e. The van der Waals surface area contributed by atoms with Gasteiger partial charge in [0.25, 0.3) is 5.91 Å². The third-order valence-electron chi connectivity index (χ3n) is 4.95. The second-order valence-corrected chi connectivity index (χ2v) is 8.44. The summed E-state index contributed by atoms with van der Waals surface area (Å²) < 4.78 is 10.5. The smallest absolute Gasteiger partial charge is 0.337 e. The summed E-state index contributed by atoms with van der Waals surface area (Å²) >= 11 is 9.36. The number of nitrogens with one attached hydrogen (secondary N) is 1. The van der Waals surface area contributed by atoms with Gasteiger partial charge in [-0.05, 0) is 64.8 Å². The monoisotopic (exact) mass is 522 g/mol. The van der Waals surface area contributed by atoms with Crippen molar-refractivity contribution in [2.45, 2.75) is 13.3 Å². The van der Waals surface area contributed by atoms with Crippen molar-refractivity contribution in [3.05, 3.63) is 57.0 Å². The number of hydrogen-bond acceptors (Lipinski definition) is 6. The van der Waals surface area contributed by atoms with E-state index in [1.807, 2.05) is 0 Å². The Morgan fingerprint density at radius 1 is 1.22 bits per heavy atom. The topological polar surface area (TPSA) is 102 Å². The first-order valence-corrected chi connectivity index (χ1v) is 10.8. The summed E-state index contributed by atoms with van der Waals surface area (Å²) in [5, 5.41) is 3.09. The molecule has 0 unspecified atom stereocenters. The van der Waals surface area contributed by atoms with Gasteiger partial charge in [-0.3, -0.25) is 14.4 Å². The Morgan fingerprint density at radius 2 is 1.91 bits per heavy atom. The number of nitrogens with zero attached hydrogens (tertiary/aromatic N) is 1. The molecule has 2 aromatic rings. The maximum atomic E-state index is 12.4. The maximum absolute atomic E-state index is 12.4. The molecule has 1 heterocycles. The number of carbonyl (C=O) groups excluding carboxylic acids is 4. The summed E-state index contributed by atoms with van der Waals surface area (Å²) in [7, 11) is 1.28. The van der Waals surface area contributed by atoms with Crippen molar-refractivity contribution in [3.63, 3.8) is 0 Å². The lowest BCUT2D eigenvalue weighted by Crippen LogP contribution is -2.28. The molecule has 0 saturated carbocycles. The van der Waals surface area contributed by atoms with E-state index in [4.69, 9.17) is 16.3 Å².